The summed E-state index contributed by atoms with van der Waals surface area (Å²) < 4.78 is 3.47. The van der Waals surface area contributed by atoms with Crippen LogP contribution in [0.25, 0.3) is 0 Å². The molecule has 102 valence electrons. The fraction of sp³-hybridized carbons (Fsp3) is 0.556. The average molecular weight is 486 g/mol. The van der Waals surface area contributed by atoms with E-state index in [2.05, 4.69) is 57.3 Å². The van der Waals surface area contributed by atoms with Crippen LogP contribution in [0.15, 0.2) is 41.6 Å². The molecule has 0 aromatic carbocycles. The van der Waals surface area contributed by atoms with Gasteiger partial charge in [0.15, 0.2) is 0 Å². The fourth-order valence-corrected chi connectivity index (χ4v) is 8.97. The zero-order valence-corrected chi connectivity index (χ0v) is 15.5. The Labute approximate surface area is 147 Å². The highest BCUT2D eigenvalue weighted by molar-refractivity contribution is 14.1. The average Bonchev–Trinajstić information content (AvgIpc) is 2.93. The predicted molar refractivity (Wildman–Crippen MR) is 97.7 cm³/mol. The molecule has 0 heterocycles. The van der Waals surface area contributed by atoms with Crippen LogP contribution >= 0.6 is 45.2 Å². The fourth-order valence-electron chi connectivity index (χ4n) is 6.11. The summed E-state index contributed by atoms with van der Waals surface area (Å²) in [6.07, 6.45) is 10.8. The lowest BCUT2D eigenvalue weighted by atomic mass is 9.44. The first-order chi connectivity index (χ1) is 9.77. The quantitative estimate of drug-likeness (QED) is 0.394. The molecule has 0 saturated heterocycles. The molecule has 0 spiro atoms. The Kier molecular flexibility index (Phi) is 2.18. The van der Waals surface area contributed by atoms with Crippen molar-refractivity contribution >= 4 is 45.2 Å². The summed E-state index contributed by atoms with van der Waals surface area (Å²) >= 11 is 5.46. The minimum Gasteiger partial charge on any atom is -0.0530 e. The van der Waals surface area contributed by atoms with Gasteiger partial charge in [0.05, 0.1) is 0 Å². The van der Waals surface area contributed by atoms with Gasteiger partial charge in [-0.3, -0.25) is 0 Å². The molecular weight excluding hydrogens is 470 g/mol. The second-order valence-corrected chi connectivity index (χ2v) is 9.79. The lowest BCUT2D eigenvalue weighted by Gasteiger charge is -2.61. The number of hydrogen-bond donors (Lipinski definition) is 0. The number of halogens is 2. The van der Waals surface area contributed by atoms with Gasteiger partial charge in [0.2, 0.25) is 0 Å². The summed E-state index contributed by atoms with van der Waals surface area (Å²) in [7, 11) is 0. The van der Waals surface area contributed by atoms with Crippen LogP contribution < -0.4 is 0 Å². The molecule has 4 saturated carbocycles. The van der Waals surface area contributed by atoms with E-state index in [1.165, 1.54) is 25.7 Å². The maximum Gasteiger partial charge on any atom is 0.00310 e. The van der Waals surface area contributed by atoms with E-state index in [0.717, 1.165) is 35.5 Å². The van der Waals surface area contributed by atoms with Gasteiger partial charge in [-0.15, -0.1) is 0 Å². The molecule has 0 nitrogen and oxygen atoms in total. The highest BCUT2D eigenvalue weighted by atomic mass is 127. The van der Waals surface area contributed by atoms with Crippen molar-refractivity contribution in [1.82, 2.24) is 0 Å². The molecule has 2 heteroatoms. The number of allylic oxidation sites excluding steroid dienone is 8. The highest BCUT2D eigenvalue weighted by Crippen LogP contribution is 2.71. The third-order valence-electron chi connectivity index (χ3n) is 7.18. The van der Waals surface area contributed by atoms with Crippen LogP contribution in [0.4, 0.5) is 0 Å². The Morgan fingerprint density at radius 2 is 1.05 bits per heavy atom. The maximum absolute atomic E-state index is 2.73. The molecule has 8 aliphatic carbocycles. The van der Waals surface area contributed by atoms with Crippen molar-refractivity contribution in [2.75, 3.05) is 0 Å². The summed E-state index contributed by atoms with van der Waals surface area (Å²) in [6, 6.07) is 0. The maximum atomic E-state index is 2.73. The van der Waals surface area contributed by atoms with Crippen LogP contribution in [0.2, 0.25) is 0 Å². The number of fused-ring (bicyclic) bond motifs is 4. The Morgan fingerprint density at radius 1 is 0.650 bits per heavy atom. The summed E-state index contributed by atoms with van der Waals surface area (Å²) in [5.74, 6) is 5.97. The van der Waals surface area contributed by atoms with E-state index >= 15 is 0 Å². The van der Waals surface area contributed by atoms with Gasteiger partial charge in [0.1, 0.15) is 0 Å². The van der Waals surface area contributed by atoms with Crippen molar-refractivity contribution in [3.8, 4) is 0 Å². The summed E-state index contributed by atoms with van der Waals surface area (Å²) in [6.45, 7) is 0. The van der Waals surface area contributed by atoms with E-state index in [9.17, 15) is 0 Å². The van der Waals surface area contributed by atoms with Gasteiger partial charge < -0.3 is 0 Å². The van der Waals surface area contributed by atoms with Crippen LogP contribution in [-0.4, -0.2) is 0 Å². The van der Waals surface area contributed by atoms with Crippen molar-refractivity contribution < 1.29 is 0 Å². The third-order valence-corrected chi connectivity index (χ3v) is 9.70. The van der Waals surface area contributed by atoms with Gasteiger partial charge in [-0.05, 0) is 117 Å². The lowest BCUT2D eigenvalue weighted by Crippen LogP contribution is -2.55. The van der Waals surface area contributed by atoms with Crippen LogP contribution in [0.3, 0.4) is 0 Å². The first-order valence-electron chi connectivity index (χ1n) is 8.00. The molecular formula is C18H16I2. The smallest absolute Gasteiger partial charge is 0.00310 e. The van der Waals surface area contributed by atoms with E-state index < -0.39 is 0 Å². The van der Waals surface area contributed by atoms with Crippen LogP contribution in [0.1, 0.15) is 25.7 Å². The molecule has 4 bridgehead atoms. The lowest BCUT2D eigenvalue weighted by molar-refractivity contribution is -0.0974. The molecule has 6 atom stereocenters. The zero-order valence-electron chi connectivity index (χ0n) is 11.2. The molecule has 0 N–H and O–H groups in total. The molecule has 0 amide bonds. The standard InChI is InChI=1S/C18H16I2/c19-17-13-11-5-6-12(13)14(11)18(20)16-10-4-2-8(10)7-1-3-9(7)15(16)17/h5-10,15-16H,1-4H2. The Balaban J connectivity index is 1.61. The van der Waals surface area contributed by atoms with Gasteiger partial charge in [-0.2, -0.15) is 0 Å². The molecule has 4 fully saturated rings. The molecule has 0 aromatic heterocycles. The van der Waals surface area contributed by atoms with Crippen molar-refractivity contribution in [3.63, 3.8) is 0 Å². The first kappa shape index (κ1) is 11.9. The summed E-state index contributed by atoms with van der Waals surface area (Å²) in [5, 5.41) is 0. The molecule has 0 aromatic rings. The molecule has 0 aliphatic heterocycles. The van der Waals surface area contributed by atoms with Gasteiger partial charge in [0, 0.05) is 19.0 Å². The van der Waals surface area contributed by atoms with Crippen LogP contribution in [0.5, 0.6) is 0 Å². The van der Waals surface area contributed by atoms with E-state index in [0.29, 0.717) is 0 Å². The SMILES string of the molecule is IC1=C2C3=CC=C2C3=C(I)C2C3CCC3C3CCC3C12. The second-order valence-electron chi connectivity index (χ2n) is 7.47. The van der Waals surface area contributed by atoms with Crippen molar-refractivity contribution in [1.29, 1.82) is 0 Å². The van der Waals surface area contributed by atoms with Crippen molar-refractivity contribution in [3.05, 3.63) is 41.6 Å². The molecule has 0 radical (unpaired) electrons. The summed E-state index contributed by atoms with van der Waals surface area (Å²) in [4.78, 5) is 0. The van der Waals surface area contributed by atoms with Gasteiger partial charge >= 0.3 is 0 Å². The Bertz CT molecular complexity index is 614. The van der Waals surface area contributed by atoms with E-state index in [-0.39, 0.29) is 0 Å². The third kappa shape index (κ3) is 1.10. The minimum atomic E-state index is 0.877. The number of hydrogen-bond acceptors (Lipinski definition) is 0. The predicted octanol–water partition coefficient (Wildman–Crippen LogP) is 5.56. The van der Waals surface area contributed by atoms with Gasteiger partial charge in [0.25, 0.3) is 0 Å². The largest absolute Gasteiger partial charge is 0.0530 e. The van der Waals surface area contributed by atoms with E-state index in [1.54, 1.807) is 29.5 Å². The molecule has 20 heavy (non-hydrogen) atoms. The van der Waals surface area contributed by atoms with E-state index in [1.807, 2.05) is 0 Å². The molecule has 8 rings (SSSR count). The minimum absolute atomic E-state index is 0.877. The zero-order chi connectivity index (χ0) is 13.2. The molecule has 8 aliphatic rings. The topological polar surface area (TPSA) is 0 Å². The van der Waals surface area contributed by atoms with Crippen molar-refractivity contribution in [2.45, 2.75) is 25.7 Å². The van der Waals surface area contributed by atoms with Crippen LogP contribution in [-0.2, 0) is 0 Å². The van der Waals surface area contributed by atoms with E-state index in [4.69, 9.17) is 0 Å². The molecule has 6 unspecified atom stereocenters. The monoisotopic (exact) mass is 486 g/mol. The van der Waals surface area contributed by atoms with Crippen molar-refractivity contribution in [2.24, 2.45) is 35.5 Å². The first-order valence-corrected chi connectivity index (χ1v) is 10.2. The van der Waals surface area contributed by atoms with Crippen LogP contribution in [0, 0.1) is 35.5 Å². The normalized spacial score (nSPS) is 49.9. The van der Waals surface area contributed by atoms with Gasteiger partial charge in [-0.1, -0.05) is 12.2 Å². The Morgan fingerprint density at radius 3 is 1.40 bits per heavy atom. The Hall–Kier alpha value is 0.420. The number of rotatable bonds is 0. The highest BCUT2D eigenvalue weighted by Gasteiger charge is 2.60. The van der Waals surface area contributed by atoms with Gasteiger partial charge in [-0.25, -0.2) is 0 Å². The summed E-state index contributed by atoms with van der Waals surface area (Å²) in [5.41, 5.74) is 6.50. The second kappa shape index (κ2) is 3.66.